The second-order valence-corrected chi connectivity index (χ2v) is 11.9. The van der Waals surface area contributed by atoms with Crippen LogP contribution in [0.25, 0.3) is 0 Å². The van der Waals surface area contributed by atoms with Crippen LogP contribution in [0.4, 0.5) is 0 Å². The minimum Gasteiger partial charge on any atom is -0.348 e. The molecule has 0 amide bonds. The maximum atomic E-state index is 6.30. The number of unbranched alkanes of at least 4 members (excludes halogenated alkanes) is 13. The van der Waals surface area contributed by atoms with E-state index in [0.717, 1.165) is 13.1 Å². The Morgan fingerprint density at radius 2 is 1.23 bits per heavy atom. The van der Waals surface area contributed by atoms with Crippen LogP contribution in [0.15, 0.2) is 0 Å². The predicted octanol–water partition coefficient (Wildman–Crippen LogP) is 6.70. The monoisotopic (exact) mass is 497 g/mol. The maximum absolute atomic E-state index is 6.30. The Hall–Kier alpha value is -0.240. The van der Waals surface area contributed by atoms with Gasteiger partial charge in [-0.3, -0.25) is 0 Å². The molecule has 6 nitrogen and oxygen atoms in total. The molecule has 3 fully saturated rings. The summed E-state index contributed by atoms with van der Waals surface area (Å²) in [6, 6.07) is 0. The fourth-order valence-electron chi connectivity index (χ4n) is 5.78. The van der Waals surface area contributed by atoms with E-state index >= 15 is 0 Å². The van der Waals surface area contributed by atoms with Crippen molar-refractivity contribution < 1.29 is 23.7 Å². The topological polar surface area (TPSA) is 58.2 Å². The molecule has 0 bridgehead atoms. The summed E-state index contributed by atoms with van der Waals surface area (Å²) >= 11 is 0. The van der Waals surface area contributed by atoms with Gasteiger partial charge < -0.3 is 29.0 Å². The van der Waals surface area contributed by atoms with E-state index < -0.39 is 11.6 Å². The van der Waals surface area contributed by atoms with Crippen LogP contribution in [0.1, 0.15) is 125 Å². The van der Waals surface area contributed by atoms with Gasteiger partial charge in [0.05, 0.1) is 12.7 Å². The van der Waals surface area contributed by atoms with Gasteiger partial charge in [0.2, 0.25) is 0 Å². The zero-order chi connectivity index (χ0) is 25.2. The van der Waals surface area contributed by atoms with Crippen LogP contribution < -0.4 is 5.32 Å². The van der Waals surface area contributed by atoms with Gasteiger partial charge in [-0.1, -0.05) is 90.4 Å². The maximum Gasteiger partial charge on any atom is 0.188 e. The van der Waals surface area contributed by atoms with Gasteiger partial charge in [0, 0.05) is 12.5 Å². The van der Waals surface area contributed by atoms with Crippen molar-refractivity contribution in [2.45, 2.75) is 161 Å². The van der Waals surface area contributed by atoms with Crippen LogP contribution >= 0.6 is 0 Å². The normalized spacial score (nSPS) is 31.3. The van der Waals surface area contributed by atoms with Crippen molar-refractivity contribution in [1.29, 1.82) is 0 Å². The molecule has 0 aromatic carbocycles. The molecule has 206 valence electrons. The van der Waals surface area contributed by atoms with Crippen LogP contribution in [0, 0.1) is 5.92 Å². The number of hydrogen-bond acceptors (Lipinski definition) is 6. The first-order valence-electron chi connectivity index (χ1n) is 14.8. The van der Waals surface area contributed by atoms with E-state index in [4.69, 9.17) is 23.7 Å². The van der Waals surface area contributed by atoms with Gasteiger partial charge in [0.1, 0.15) is 12.2 Å². The van der Waals surface area contributed by atoms with Crippen LogP contribution in [-0.2, 0) is 23.7 Å². The molecule has 35 heavy (non-hydrogen) atoms. The van der Waals surface area contributed by atoms with Crippen LogP contribution in [-0.4, -0.2) is 55.9 Å². The average molecular weight is 498 g/mol. The van der Waals surface area contributed by atoms with E-state index in [1.165, 1.54) is 89.9 Å². The van der Waals surface area contributed by atoms with E-state index in [1.807, 2.05) is 27.7 Å². The Bertz CT molecular complexity index is 583. The Morgan fingerprint density at radius 1 is 0.657 bits per heavy atom. The fourth-order valence-corrected chi connectivity index (χ4v) is 5.78. The summed E-state index contributed by atoms with van der Waals surface area (Å²) in [7, 11) is 0. The molecule has 3 rings (SSSR count). The summed E-state index contributed by atoms with van der Waals surface area (Å²) in [4.78, 5) is 0. The standard InChI is InChI=1S/C29H55NO5/c1-6-7-8-9-10-11-12-13-14-15-16-17-18-19-20-30-21-23-25(24-22-31-28(2,3)33-24)32-27-26(23)34-29(4,5)35-27/h23-27,30H,6-22H2,1-5H3/t23?,24-,25+,26-,27-/m1/s1. The zero-order valence-corrected chi connectivity index (χ0v) is 23.4. The smallest absolute Gasteiger partial charge is 0.188 e. The Morgan fingerprint density at radius 3 is 1.77 bits per heavy atom. The third kappa shape index (κ3) is 9.86. The highest BCUT2D eigenvalue weighted by molar-refractivity contribution is 4.98. The number of nitrogens with one attached hydrogen (secondary N) is 1. The van der Waals surface area contributed by atoms with E-state index in [0.29, 0.717) is 6.61 Å². The highest BCUT2D eigenvalue weighted by atomic mass is 16.8. The van der Waals surface area contributed by atoms with Gasteiger partial charge >= 0.3 is 0 Å². The van der Waals surface area contributed by atoms with Crippen molar-refractivity contribution in [1.82, 2.24) is 5.32 Å². The minimum atomic E-state index is -0.598. The number of rotatable bonds is 18. The third-order valence-electron chi connectivity index (χ3n) is 7.71. The molecule has 0 aliphatic carbocycles. The lowest BCUT2D eigenvalue weighted by Crippen LogP contribution is -2.43. The van der Waals surface area contributed by atoms with Crippen molar-refractivity contribution in [3.63, 3.8) is 0 Å². The van der Waals surface area contributed by atoms with Gasteiger partial charge in [-0.25, -0.2) is 0 Å². The quantitative estimate of drug-likeness (QED) is 0.213. The molecule has 3 heterocycles. The molecular weight excluding hydrogens is 442 g/mol. The Balaban J connectivity index is 1.22. The van der Waals surface area contributed by atoms with Crippen LogP contribution in [0.5, 0.6) is 0 Å². The van der Waals surface area contributed by atoms with E-state index in [2.05, 4.69) is 12.2 Å². The highest BCUT2D eigenvalue weighted by Gasteiger charge is 2.57. The molecule has 0 saturated carbocycles. The molecule has 6 heteroatoms. The lowest BCUT2D eigenvalue weighted by Gasteiger charge is -2.29. The highest BCUT2D eigenvalue weighted by Crippen LogP contribution is 2.43. The van der Waals surface area contributed by atoms with E-state index in [1.54, 1.807) is 0 Å². The largest absolute Gasteiger partial charge is 0.348 e. The SMILES string of the molecule is CCCCCCCCCCCCCCCCNCC1[C@H]2OC(C)(C)O[C@H]2O[C@@H]1[C@H]1COC(C)(C)O1. The van der Waals surface area contributed by atoms with Crippen molar-refractivity contribution in [2.75, 3.05) is 19.7 Å². The molecule has 3 aliphatic heterocycles. The number of fused-ring (bicyclic) bond motifs is 1. The summed E-state index contributed by atoms with van der Waals surface area (Å²) in [5.74, 6) is -0.964. The molecule has 3 saturated heterocycles. The second kappa shape index (κ2) is 14.6. The minimum absolute atomic E-state index is 0.0637. The van der Waals surface area contributed by atoms with Gasteiger partial charge in [-0.05, 0) is 40.7 Å². The molecule has 5 atom stereocenters. The van der Waals surface area contributed by atoms with Gasteiger partial charge in [0.25, 0.3) is 0 Å². The Kier molecular flexibility index (Phi) is 12.3. The van der Waals surface area contributed by atoms with Crippen LogP contribution in [0.2, 0.25) is 0 Å². The lowest BCUT2D eigenvalue weighted by atomic mass is 9.94. The molecule has 1 N–H and O–H groups in total. The second-order valence-electron chi connectivity index (χ2n) is 11.9. The summed E-state index contributed by atoms with van der Waals surface area (Å²) in [5.41, 5.74) is 0. The molecular formula is C29H55NO5. The van der Waals surface area contributed by atoms with Crippen molar-refractivity contribution in [2.24, 2.45) is 5.92 Å². The fraction of sp³-hybridized carbons (Fsp3) is 1.00. The molecule has 0 spiro atoms. The number of hydrogen-bond donors (Lipinski definition) is 1. The first-order chi connectivity index (χ1) is 16.8. The van der Waals surface area contributed by atoms with Gasteiger partial charge in [-0.2, -0.15) is 0 Å². The third-order valence-corrected chi connectivity index (χ3v) is 7.71. The summed E-state index contributed by atoms with van der Waals surface area (Å²) in [6.07, 6.45) is 18.9. The van der Waals surface area contributed by atoms with Gasteiger partial charge in [-0.15, -0.1) is 0 Å². The first kappa shape index (κ1) is 29.3. The molecule has 0 radical (unpaired) electrons. The molecule has 1 unspecified atom stereocenters. The van der Waals surface area contributed by atoms with Crippen molar-refractivity contribution in [3.05, 3.63) is 0 Å². The molecule has 0 aromatic heterocycles. The molecule has 0 aromatic rings. The summed E-state index contributed by atoms with van der Waals surface area (Å²) < 4.78 is 30.5. The van der Waals surface area contributed by atoms with E-state index in [-0.39, 0.29) is 30.5 Å². The van der Waals surface area contributed by atoms with Crippen LogP contribution in [0.3, 0.4) is 0 Å². The average Bonchev–Trinajstić information content (AvgIpc) is 3.42. The summed E-state index contributed by atoms with van der Waals surface area (Å²) in [6.45, 7) is 12.6. The zero-order valence-electron chi connectivity index (χ0n) is 23.4. The number of ether oxygens (including phenoxy) is 5. The van der Waals surface area contributed by atoms with Crippen molar-refractivity contribution >= 4 is 0 Å². The Labute approximate surface area is 215 Å². The van der Waals surface area contributed by atoms with Crippen molar-refractivity contribution in [3.8, 4) is 0 Å². The van der Waals surface area contributed by atoms with E-state index in [9.17, 15) is 0 Å². The predicted molar refractivity (Wildman–Crippen MR) is 140 cm³/mol. The van der Waals surface area contributed by atoms with Gasteiger partial charge in [0.15, 0.2) is 17.9 Å². The summed E-state index contributed by atoms with van der Waals surface area (Å²) in [5, 5.41) is 3.67. The first-order valence-corrected chi connectivity index (χ1v) is 14.8. The lowest BCUT2D eigenvalue weighted by molar-refractivity contribution is -0.226. The molecule has 3 aliphatic rings.